The topological polar surface area (TPSA) is 24.5 Å². The standard InChI is InChI=1S/C12H24N2O/c1-10-7-13-8-12(10)14(2)9-11-5-3-4-6-15-11/h10-13H,3-9H2,1-2H3. The molecule has 0 aliphatic carbocycles. The van der Waals surface area contributed by atoms with E-state index in [0.717, 1.165) is 25.6 Å². The SMILES string of the molecule is CC1CNCC1N(C)CC1CCCCO1. The molecule has 88 valence electrons. The highest BCUT2D eigenvalue weighted by Crippen LogP contribution is 2.18. The highest BCUT2D eigenvalue weighted by Gasteiger charge is 2.28. The number of rotatable bonds is 3. The number of hydrogen-bond donors (Lipinski definition) is 1. The molecular weight excluding hydrogens is 188 g/mol. The van der Waals surface area contributed by atoms with E-state index in [-0.39, 0.29) is 0 Å². The highest BCUT2D eigenvalue weighted by atomic mass is 16.5. The fraction of sp³-hybridized carbons (Fsp3) is 1.00. The van der Waals surface area contributed by atoms with Crippen molar-refractivity contribution in [3.63, 3.8) is 0 Å². The molecule has 0 amide bonds. The summed E-state index contributed by atoms with van der Waals surface area (Å²) in [5, 5.41) is 3.46. The number of nitrogens with zero attached hydrogens (tertiary/aromatic N) is 1. The first-order valence-corrected chi connectivity index (χ1v) is 6.30. The van der Waals surface area contributed by atoms with Gasteiger partial charge >= 0.3 is 0 Å². The third-order valence-electron chi connectivity index (χ3n) is 3.81. The van der Waals surface area contributed by atoms with Crippen molar-refractivity contribution < 1.29 is 4.74 Å². The van der Waals surface area contributed by atoms with Crippen LogP contribution in [0.5, 0.6) is 0 Å². The lowest BCUT2D eigenvalue weighted by molar-refractivity contribution is -0.00926. The van der Waals surface area contributed by atoms with Crippen LogP contribution in [0.3, 0.4) is 0 Å². The van der Waals surface area contributed by atoms with Crippen LogP contribution in [-0.2, 0) is 4.74 Å². The van der Waals surface area contributed by atoms with Crippen LogP contribution in [0.4, 0.5) is 0 Å². The van der Waals surface area contributed by atoms with Gasteiger partial charge in [-0.25, -0.2) is 0 Å². The quantitative estimate of drug-likeness (QED) is 0.758. The summed E-state index contributed by atoms with van der Waals surface area (Å²) < 4.78 is 5.78. The van der Waals surface area contributed by atoms with Gasteiger partial charge in [0.15, 0.2) is 0 Å². The van der Waals surface area contributed by atoms with Gasteiger partial charge in [0.1, 0.15) is 0 Å². The molecule has 0 bridgehead atoms. The largest absolute Gasteiger partial charge is 0.377 e. The van der Waals surface area contributed by atoms with Crippen LogP contribution in [0.1, 0.15) is 26.2 Å². The number of ether oxygens (including phenoxy) is 1. The van der Waals surface area contributed by atoms with E-state index in [9.17, 15) is 0 Å². The first kappa shape index (κ1) is 11.4. The van der Waals surface area contributed by atoms with Crippen molar-refractivity contribution in [2.75, 3.05) is 33.3 Å². The summed E-state index contributed by atoms with van der Waals surface area (Å²) in [5.74, 6) is 0.776. The lowest BCUT2D eigenvalue weighted by atomic mass is 10.0. The molecule has 3 heteroatoms. The summed E-state index contributed by atoms with van der Waals surface area (Å²) in [6.07, 6.45) is 4.33. The molecule has 15 heavy (non-hydrogen) atoms. The molecule has 0 aromatic carbocycles. The monoisotopic (exact) mass is 212 g/mol. The van der Waals surface area contributed by atoms with Crippen molar-refractivity contribution in [1.29, 1.82) is 0 Å². The van der Waals surface area contributed by atoms with Crippen molar-refractivity contribution >= 4 is 0 Å². The summed E-state index contributed by atoms with van der Waals surface area (Å²) in [6, 6.07) is 0.704. The Balaban J connectivity index is 1.77. The Morgan fingerprint density at radius 1 is 1.33 bits per heavy atom. The van der Waals surface area contributed by atoms with E-state index in [1.54, 1.807) is 0 Å². The summed E-state index contributed by atoms with van der Waals surface area (Å²) in [6.45, 7) is 6.72. The Kier molecular flexibility index (Phi) is 4.00. The van der Waals surface area contributed by atoms with Crippen LogP contribution in [0, 0.1) is 5.92 Å². The Labute approximate surface area is 93.2 Å². The molecule has 2 aliphatic rings. The lowest BCUT2D eigenvalue weighted by Gasteiger charge is -2.32. The molecule has 3 unspecified atom stereocenters. The first-order chi connectivity index (χ1) is 7.27. The molecule has 0 aromatic rings. The van der Waals surface area contributed by atoms with Gasteiger partial charge in [0.05, 0.1) is 6.10 Å². The molecule has 1 N–H and O–H groups in total. The minimum Gasteiger partial charge on any atom is -0.377 e. The third kappa shape index (κ3) is 2.92. The second-order valence-corrected chi connectivity index (χ2v) is 5.13. The molecule has 0 aromatic heterocycles. The maximum atomic E-state index is 5.78. The zero-order valence-corrected chi connectivity index (χ0v) is 10.0. The molecule has 3 nitrogen and oxygen atoms in total. The normalized spacial score (nSPS) is 37.4. The summed E-state index contributed by atoms with van der Waals surface area (Å²) >= 11 is 0. The molecule has 0 radical (unpaired) electrons. The van der Waals surface area contributed by atoms with E-state index in [0.29, 0.717) is 12.1 Å². The maximum Gasteiger partial charge on any atom is 0.0702 e. The summed E-state index contributed by atoms with van der Waals surface area (Å²) in [4.78, 5) is 2.49. The van der Waals surface area contributed by atoms with Crippen LogP contribution in [0.15, 0.2) is 0 Å². The predicted molar refractivity (Wildman–Crippen MR) is 62.0 cm³/mol. The van der Waals surface area contributed by atoms with Gasteiger partial charge in [0.25, 0.3) is 0 Å². The Hall–Kier alpha value is -0.120. The van der Waals surface area contributed by atoms with E-state index in [1.807, 2.05) is 0 Å². The molecule has 0 spiro atoms. The fourth-order valence-electron chi connectivity index (χ4n) is 2.79. The molecule has 0 saturated carbocycles. The number of hydrogen-bond acceptors (Lipinski definition) is 3. The molecule has 2 rings (SSSR count). The zero-order valence-electron chi connectivity index (χ0n) is 10.0. The predicted octanol–water partition coefficient (Wildman–Crippen LogP) is 1.10. The van der Waals surface area contributed by atoms with Gasteiger partial charge in [-0.05, 0) is 38.8 Å². The van der Waals surface area contributed by atoms with Crippen LogP contribution in [0.2, 0.25) is 0 Å². The molecular formula is C12H24N2O. The Bertz CT molecular complexity index is 192. The average molecular weight is 212 g/mol. The van der Waals surface area contributed by atoms with Crippen molar-refractivity contribution in [3.8, 4) is 0 Å². The lowest BCUT2D eigenvalue weighted by Crippen LogP contribution is -2.42. The summed E-state index contributed by atoms with van der Waals surface area (Å²) in [5.41, 5.74) is 0. The summed E-state index contributed by atoms with van der Waals surface area (Å²) in [7, 11) is 2.24. The van der Waals surface area contributed by atoms with Gasteiger partial charge in [-0.3, -0.25) is 4.90 Å². The van der Waals surface area contributed by atoms with Gasteiger partial charge in [0.2, 0.25) is 0 Å². The van der Waals surface area contributed by atoms with E-state index in [4.69, 9.17) is 4.74 Å². The Morgan fingerprint density at radius 2 is 2.20 bits per heavy atom. The molecule has 2 heterocycles. The van der Waals surface area contributed by atoms with Crippen molar-refractivity contribution in [1.82, 2.24) is 10.2 Å². The Morgan fingerprint density at radius 3 is 2.80 bits per heavy atom. The van der Waals surface area contributed by atoms with E-state index in [2.05, 4.69) is 24.2 Å². The highest BCUT2D eigenvalue weighted by molar-refractivity contribution is 4.86. The van der Waals surface area contributed by atoms with Gasteiger partial charge in [-0.2, -0.15) is 0 Å². The van der Waals surface area contributed by atoms with Crippen molar-refractivity contribution in [3.05, 3.63) is 0 Å². The second-order valence-electron chi connectivity index (χ2n) is 5.13. The molecule has 2 fully saturated rings. The van der Waals surface area contributed by atoms with Crippen LogP contribution >= 0.6 is 0 Å². The van der Waals surface area contributed by atoms with Gasteiger partial charge in [-0.15, -0.1) is 0 Å². The first-order valence-electron chi connectivity index (χ1n) is 6.30. The third-order valence-corrected chi connectivity index (χ3v) is 3.81. The van der Waals surface area contributed by atoms with Crippen LogP contribution in [-0.4, -0.2) is 50.3 Å². The zero-order chi connectivity index (χ0) is 10.7. The fourth-order valence-corrected chi connectivity index (χ4v) is 2.79. The molecule has 3 atom stereocenters. The minimum absolute atomic E-state index is 0.483. The second kappa shape index (κ2) is 5.28. The van der Waals surface area contributed by atoms with Gasteiger partial charge in [-0.1, -0.05) is 6.92 Å². The average Bonchev–Trinajstić information content (AvgIpc) is 2.66. The molecule has 2 saturated heterocycles. The van der Waals surface area contributed by atoms with Gasteiger partial charge < -0.3 is 10.1 Å². The number of nitrogens with one attached hydrogen (secondary N) is 1. The van der Waals surface area contributed by atoms with Crippen molar-refractivity contribution in [2.24, 2.45) is 5.92 Å². The molecule has 2 aliphatic heterocycles. The maximum absolute atomic E-state index is 5.78. The van der Waals surface area contributed by atoms with E-state index in [1.165, 1.54) is 25.8 Å². The van der Waals surface area contributed by atoms with Crippen LogP contribution < -0.4 is 5.32 Å². The number of likely N-dealkylation sites (N-methyl/N-ethyl adjacent to an activating group) is 1. The van der Waals surface area contributed by atoms with Crippen molar-refractivity contribution in [2.45, 2.75) is 38.3 Å². The minimum atomic E-state index is 0.483. The van der Waals surface area contributed by atoms with E-state index >= 15 is 0 Å². The van der Waals surface area contributed by atoms with Gasteiger partial charge in [0, 0.05) is 25.7 Å². The van der Waals surface area contributed by atoms with Crippen LogP contribution in [0.25, 0.3) is 0 Å². The smallest absolute Gasteiger partial charge is 0.0702 e. The van der Waals surface area contributed by atoms with E-state index < -0.39 is 0 Å².